The number of amides is 1. The van der Waals surface area contributed by atoms with Crippen molar-refractivity contribution in [2.75, 3.05) is 7.11 Å². The Kier molecular flexibility index (Phi) is 4.71. The van der Waals surface area contributed by atoms with E-state index >= 15 is 0 Å². The zero-order valence-electron chi connectivity index (χ0n) is 13.0. The Balaban J connectivity index is 2.15. The molecule has 1 amide bonds. The average Bonchev–Trinajstić information content (AvgIpc) is 2.93. The summed E-state index contributed by atoms with van der Waals surface area (Å²) in [6.45, 7) is -0.285. The number of hydrogen-bond acceptors (Lipinski definition) is 4. The van der Waals surface area contributed by atoms with Crippen LogP contribution in [0.15, 0.2) is 47.5 Å². The van der Waals surface area contributed by atoms with Crippen molar-refractivity contribution in [3.63, 3.8) is 0 Å². The third-order valence-electron chi connectivity index (χ3n) is 3.46. The van der Waals surface area contributed by atoms with Crippen molar-refractivity contribution in [3.05, 3.63) is 64.5 Å². The van der Waals surface area contributed by atoms with Crippen molar-refractivity contribution >= 4 is 33.4 Å². The van der Waals surface area contributed by atoms with Gasteiger partial charge in [0.15, 0.2) is 4.80 Å². The SMILES string of the molecule is COC(=O)Cn1c(=NC(=O)c2ccc(F)cc2)sc2cccc(F)c21. The molecule has 1 aromatic heterocycles. The Morgan fingerprint density at radius 2 is 1.88 bits per heavy atom. The van der Waals surface area contributed by atoms with Gasteiger partial charge in [-0.3, -0.25) is 9.59 Å². The molecule has 128 valence electrons. The Hall–Kier alpha value is -2.87. The molecule has 0 spiro atoms. The lowest BCUT2D eigenvalue weighted by molar-refractivity contribution is -0.141. The summed E-state index contributed by atoms with van der Waals surface area (Å²) >= 11 is 1.07. The van der Waals surface area contributed by atoms with Crippen LogP contribution in [0.5, 0.6) is 0 Å². The molecule has 0 aliphatic heterocycles. The second kappa shape index (κ2) is 6.94. The fraction of sp³-hybridized carbons (Fsp3) is 0.118. The quantitative estimate of drug-likeness (QED) is 0.673. The fourth-order valence-corrected chi connectivity index (χ4v) is 3.30. The maximum absolute atomic E-state index is 14.2. The van der Waals surface area contributed by atoms with Gasteiger partial charge in [0.25, 0.3) is 5.91 Å². The molecule has 0 bridgehead atoms. The average molecular weight is 362 g/mol. The van der Waals surface area contributed by atoms with E-state index in [2.05, 4.69) is 9.73 Å². The summed E-state index contributed by atoms with van der Waals surface area (Å²) in [4.78, 5) is 28.1. The number of hydrogen-bond donors (Lipinski definition) is 0. The van der Waals surface area contributed by atoms with Crippen LogP contribution < -0.4 is 4.80 Å². The first-order valence-corrected chi connectivity index (χ1v) is 8.00. The van der Waals surface area contributed by atoms with Gasteiger partial charge < -0.3 is 9.30 Å². The van der Waals surface area contributed by atoms with Crippen molar-refractivity contribution in [1.29, 1.82) is 0 Å². The molecule has 0 atom stereocenters. The largest absolute Gasteiger partial charge is 0.468 e. The number of para-hydroxylation sites is 1. The van der Waals surface area contributed by atoms with Crippen LogP contribution in [0, 0.1) is 11.6 Å². The molecule has 8 heteroatoms. The van der Waals surface area contributed by atoms with Crippen molar-refractivity contribution in [2.24, 2.45) is 4.99 Å². The summed E-state index contributed by atoms with van der Waals surface area (Å²) in [7, 11) is 1.22. The molecule has 0 saturated carbocycles. The van der Waals surface area contributed by atoms with Crippen LogP contribution in [-0.2, 0) is 16.1 Å². The molecule has 0 unspecified atom stereocenters. The van der Waals surface area contributed by atoms with Crippen LogP contribution in [0.3, 0.4) is 0 Å². The molecule has 0 aliphatic carbocycles. The molecular formula is C17H12F2N2O3S. The summed E-state index contributed by atoms with van der Waals surface area (Å²) in [6, 6.07) is 9.36. The first kappa shape index (κ1) is 17.0. The lowest BCUT2D eigenvalue weighted by atomic mass is 10.2. The molecule has 1 heterocycles. The summed E-state index contributed by atoms with van der Waals surface area (Å²) in [5.74, 6) is -2.22. The second-order valence-corrected chi connectivity index (χ2v) is 6.07. The third kappa shape index (κ3) is 3.48. The number of thiazole rings is 1. The molecule has 25 heavy (non-hydrogen) atoms. The van der Waals surface area contributed by atoms with Crippen LogP contribution in [0.2, 0.25) is 0 Å². The summed E-state index contributed by atoms with van der Waals surface area (Å²) in [5, 5.41) is 0. The number of aromatic nitrogens is 1. The van der Waals surface area contributed by atoms with Crippen LogP contribution in [0.25, 0.3) is 10.2 Å². The maximum atomic E-state index is 14.2. The summed E-state index contributed by atoms with van der Waals surface area (Å²) < 4.78 is 33.6. The standard InChI is InChI=1S/C17H12F2N2O3S/c1-24-14(22)9-21-15-12(19)3-2-4-13(15)25-17(21)20-16(23)10-5-7-11(18)8-6-10/h2-8H,9H2,1H3. The number of carbonyl (C=O) groups excluding carboxylic acids is 2. The number of nitrogens with zero attached hydrogens (tertiary/aromatic N) is 2. The lowest BCUT2D eigenvalue weighted by Crippen LogP contribution is -2.22. The van der Waals surface area contributed by atoms with E-state index in [0.717, 1.165) is 23.5 Å². The number of rotatable bonds is 3. The second-order valence-electron chi connectivity index (χ2n) is 5.06. The smallest absolute Gasteiger partial charge is 0.325 e. The molecule has 2 aromatic carbocycles. The molecule has 3 rings (SSSR count). The van der Waals surface area contributed by atoms with Crippen LogP contribution in [0.1, 0.15) is 10.4 Å². The first-order chi connectivity index (χ1) is 12.0. The highest BCUT2D eigenvalue weighted by Crippen LogP contribution is 2.20. The van der Waals surface area contributed by atoms with E-state index in [0.29, 0.717) is 4.70 Å². The van der Waals surface area contributed by atoms with E-state index in [9.17, 15) is 18.4 Å². The normalized spacial score (nSPS) is 11.7. The van der Waals surface area contributed by atoms with Gasteiger partial charge in [-0.2, -0.15) is 4.99 Å². The predicted octanol–water partition coefficient (Wildman–Crippen LogP) is 2.90. The van der Waals surface area contributed by atoms with Gasteiger partial charge in [-0.25, -0.2) is 8.78 Å². The Bertz CT molecular complexity index is 1020. The van der Waals surface area contributed by atoms with Crippen molar-refractivity contribution in [1.82, 2.24) is 4.57 Å². The lowest BCUT2D eigenvalue weighted by Gasteiger charge is -2.04. The fourth-order valence-electron chi connectivity index (χ4n) is 2.26. The zero-order chi connectivity index (χ0) is 18.0. The van der Waals surface area contributed by atoms with Gasteiger partial charge in [0.2, 0.25) is 0 Å². The van der Waals surface area contributed by atoms with Gasteiger partial charge in [0, 0.05) is 5.56 Å². The Morgan fingerprint density at radius 1 is 1.16 bits per heavy atom. The van der Waals surface area contributed by atoms with E-state index in [4.69, 9.17) is 0 Å². The number of methoxy groups -OCH3 is 1. The van der Waals surface area contributed by atoms with Gasteiger partial charge >= 0.3 is 5.97 Å². The van der Waals surface area contributed by atoms with E-state index < -0.39 is 23.5 Å². The number of carbonyl (C=O) groups is 2. The minimum atomic E-state index is -0.620. The number of fused-ring (bicyclic) bond motifs is 1. The Labute approximate surface area is 144 Å². The first-order valence-electron chi connectivity index (χ1n) is 7.19. The molecule has 0 aliphatic rings. The molecule has 5 nitrogen and oxygen atoms in total. The van der Waals surface area contributed by atoms with Gasteiger partial charge in [-0.15, -0.1) is 0 Å². The zero-order valence-corrected chi connectivity index (χ0v) is 13.8. The van der Waals surface area contributed by atoms with E-state index in [1.165, 1.54) is 35.9 Å². The maximum Gasteiger partial charge on any atom is 0.325 e. The van der Waals surface area contributed by atoms with E-state index in [1.807, 2.05) is 0 Å². The van der Waals surface area contributed by atoms with Crippen LogP contribution in [-0.4, -0.2) is 23.6 Å². The highest BCUT2D eigenvalue weighted by atomic mass is 32.1. The Morgan fingerprint density at radius 3 is 2.56 bits per heavy atom. The molecule has 0 N–H and O–H groups in total. The van der Waals surface area contributed by atoms with Gasteiger partial charge in [-0.05, 0) is 36.4 Å². The van der Waals surface area contributed by atoms with Crippen molar-refractivity contribution < 1.29 is 23.1 Å². The number of halogens is 2. The summed E-state index contributed by atoms with van der Waals surface area (Å²) in [5.41, 5.74) is 0.354. The van der Waals surface area contributed by atoms with Gasteiger partial charge in [0.1, 0.15) is 18.2 Å². The minimum absolute atomic E-state index is 0.153. The highest BCUT2D eigenvalue weighted by molar-refractivity contribution is 7.16. The van der Waals surface area contributed by atoms with Crippen LogP contribution >= 0.6 is 11.3 Å². The monoisotopic (exact) mass is 362 g/mol. The van der Waals surface area contributed by atoms with Crippen LogP contribution in [0.4, 0.5) is 8.78 Å². The molecular weight excluding hydrogens is 350 g/mol. The number of ether oxygens (including phenoxy) is 1. The highest BCUT2D eigenvalue weighted by Gasteiger charge is 2.15. The third-order valence-corrected chi connectivity index (χ3v) is 4.50. The minimum Gasteiger partial charge on any atom is -0.468 e. The van der Waals surface area contributed by atoms with E-state index in [-0.39, 0.29) is 22.4 Å². The van der Waals surface area contributed by atoms with Gasteiger partial charge in [-0.1, -0.05) is 17.4 Å². The molecule has 3 aromatic rings. The van der Waals surface area contributed by atoms with Gasteiger partial charge in [0.05, 0.1) is 17.3 Å². The molecule has 0 saturated heterocycles. The molecule has 0 radical (unpaired) electrons. The summed E-state index contributed by atoms with van der Waals surface area (Å²) in [6.07, 6.45) is 0. The van der Waals surface area contributed by atoms with E-state index in [1.54, 1.807) is 6.07 Å². The van der Waals surface area contributed by atoms with Crippen molar-refractivity contribution in [3.8, 4) is 0 Å². The number of esters is 1. The molecule has 0 fully saturated rings. The topological polar surface area (TPSA) is 60.7 Å². The number of benzene rings is 2. The van der Waals surface area contributed by atoms with Crippen molar-refractivity contribution in [2.45, 2.75) is 6.54 Å². The predicted molar refractivity (Wildman–Crippen MR) is 88.1 cm³/mol.